The van der Waals surface area contributed by atoms with E-state index >= 15 is 0 Å². The van der Waals surface area contributed by atoms with Gasteiger partial charge in [-0.05, 0) is 43.5 Å². The number of aliphatic imine (C=N–C) groups is 1. The van der Waals surface area contributed by atoms with Crippen molar-refractivity contribution in [3.63, 3.8) is 0 Å². The first-order valence-corrected chi connectivity index (χ1v) is 8.98. The van der Waals surface area contributed by atoms with Crippen LogP contribution in [0.5, 0.6) is 5.75 Å². The van der Waals surface area contributed by atoms with Crippen LogP contribution in [0.25, 0.3) is 0 Å². The Balaban J connectivity index is 0.00000392. The van der Waals surface area contributed by atoms with Crippen LogP contribution in [-0.4, -0.2) is 32.1 Å². The maximum Gasteiger partial charge on any atom is 0.255 e. The van der Waals surface area contributed by atoms with Crippen LogP contribution >= 0.6 is 24.0 Å². The van der Waals surface area contributed by atoms with Crippen molar-refractivity contribution in [2.45, 2.75) is 26.8 Å². The number of amides is 1. The van der Waals surface area contributed by atoms with Gasteiger partial charge < -0.3 is 21.1 Å². The Hall–Kier alpha value is -2.29. The molecule has 0 aromatic heterocycles. The van der Waals surface area contributed by atoms with Crippen molar-refractivity contribution < 1.29 is 9.53 Å². The highest BCUT2D eigenvalue weighted by molar-refractivity contribution is 14.0. The molecular weight excluding hydrogens is 467 g/mol. The van der Waals surface area contributed by atoms with Gasteiger partial charge in [0.1, 0.15) is 5.75 Å². The first kappa shape index (κ1) is 23.7. The van der Waals surface area contributed by atoms with Crippen LogP contribution in [0, 0.1) is 13.8 Å². The van der Waals surface area contributed by atoms with Gasteiger partial charge in [0, 0.05) is 20.1 Å². The van der Waals surface area contributed by atoms with Gasteiger partial charge in [-0.3, -0.25) is 9.79 Å². The monoisotopic (exact) mass is 496 g/mol. The number of halogens is 1. The number of rotatable bonds is 8. The number of nitrogens with zero attached hydrogens (tertiary/aromatic N) is 1. The Morgan fingerprint density at radius 1 is 1.07 bits per heavy atom. The molecule has 0 unspecified atom stereocenters. The van der Waals surface area contributed by atoms with Gasteiger partial charge in [-0.1, -0.05) is 41.5 Å². The van der Waals surface area contributed by atoms with E-state index in [0.717, 1.165) is 24.5 Å². The number of aryl methyl sites for hydroxylation is 2. The Kier molecular flexibility index (Phi) is 10.4. The molecule has 6 nitrogen and oxygen atoms in total. The molecule has 0 saturated carbocycles. The number of hydrogen-bond donors (Lipinski definition) is 3. The third kappa shape index (κ3) is 8.60. The molecule has 7 heteroatoms. The normalized spacial score (nSPS) is 10.8. The lowest BCUT2D eigenvalue weighted by Crippen LogP contribution is -2.37. The highest BCUT2D eigenvalue weighted by Crippen LogP contribution is 2.13. The van der Waals surface area contributed by atoms with Crippen LogP contribution < -0.4 is 21.1 Å². The number of ether oxygens (including phenoxy) is 1. The Bertz CT molecular complexity index is 788. The average molecular weight is 496 g/mol. The van der Waals surface area contributed by atoms with Gasteiger partial charge in [-0.2, -0.15) is 0 Å². The zero-order chi connectivity index (χ0) is 19.6. The molecule has 0 bridgehead atoms. The van der Waals surface area contributed by atoms with Crippen molar-refractivity contribution in [1.29, 1.82) is 0 Å². The third-order valence-electron chi connectivity index (χ3n) is 3.95. The quantitative estimate of drug-likeness (QED) is 0.298. The molecule has 4 N–H and O–H groups in total. The minimum Gasteiger partial charge on any atom is -0.484 e. The van der Waals surface area contributed by atoms with Crippen molar-refractivity contribution >= 4 is 35.8 Å². The summed E-state index contributed by atoms with van der Waals surface area (Å²) in [6.07, 6.45) is 0.930. The average Bonchev–Trinajstić information content (AvgIpc) is 2.62. The highest BCUT2D eigenvalue weighted by Gasteiger charge is 2.02. The van der Waals surface area contributed by atoms with E-state index in [-0.39, 0.29) is 30.6 Å². The van der Waals surface area contributed by atoms with E-state index in [1.165, 1.54) is 16.7 Å². The van der Waals surface area contributed by atoms with Gasteiger partial charge in [-0.25, -0.2) is 0 Å². The molecule has 0 saturated heterocycles. The molecular formula is C21H29IN4O2. The molecule has 152 valence electrons. The fraction of sp³-hybridized carbons (Fsp3) is 0.333. The number of benzene rings is 2. The molecule has 0 aliphatic rings. The van der Waals surface area contributed by atoms with E-state index in [9.17, 15) is 4.79 Å². The summed E-state index contributed by atoms with van der Waals surface area (Å²) in [6.45, 7) is 5.50. The number of guanidine groups is 1. The number of nitrogens with one attached hydrogen (secondary N) is 2. The molecule has 0 heterocycles. The first-order valence-electron chi connectivity index (χ1n) is 8.98. The van der Waals surface area contributed by atoms with Gasteiger partial charge in [0.05, 0.1) is 0 Å². The van der Waals surface area contributed by atoms with E-state index in [0.29, 0.717) is 12.3 Å². The number of carbonyl (C=O) groups excluding carboxylic acids is 1. The van der Waals surface area contributed by atoms with E-state index in [2.05, 4.69) is 47.7 Å². The second-order valence-corrected chi connectivity index (χ2v) is 6.50. The van der Waals surface area contributed by atoms with Crippen molar-refractivity contribution in [3.05, 3.63) is 64.7 Å². The zero-order valence-electron chi connectivity index (χ0n) is 16.6. The van der Waals surface area contributed by atoms with Crippen LogP contribution in [0.1, 0.15) is 22.3 Å². The molecule has 2 rings (SSSR count). The summed E-state index contributed by atoms with van der Waals surface area (Å²) in [5.41, 5.74) is 10.0. The predicted molar refractivity (Wildman–Crippen MR) is 124 cm³/mol. The lowest BCUT2D eigenvalue weighted by molar-refractivity contribution is -0.119. The maximum absolute atomic E-state index is 10.8. The minimum absolute atomic E-state index is 0. The van der Waals surface area contributed by atoms with Crippen LogP contribution in [0.2, 0.25) is 0 Å². The SMILES string of the molecule is CN=C(NCCc1cc(C)cc(C)c1)NCc1cccc(OCC(N)=O)c1.I. The Labute approximate surface area is 184 Å². The summed E-state index contributed by atoms with van der Waals surface area (Å²) >= 11 is 0. The van der Waals surface area contributed by atoms with Gasteiger partial charge in [0.25, 0.3) is 5.91 Å². The third-order valence-corrected chi connectivity index (χ3v) is 3.95. The number of nitrogens with two attached hydrogens (primary N) is 1. The standard InChI is InChI=1S/C21H28N4O2.HI/c1-15-9-16(2)11-17(10-15)7-8-24-21(23-3)25-13-18-5-4-6-19(12-18)27-14-20(22)26;/h4-6,9-12H,7-8,13-14H2,1-3H3,(H2,22,26)(H2,23,24,25);1H. The molecule has 0 atom stereocenters. The fourth-order valence-corrected chi connectivity index (χ4v) is 2.84. The second kappa shape index (κ2) is 12.2. The largest absolute Gasteiger partial charge is 0.484 e. The van der Waals surface area contributed by atoms with E-state index in [1.54, 1.807) is 13.1 Å². The summed E-state index contributed by atoms with van der Waals surface area (Å²) in [7, 11) is 1.75. The minimum atomic E-state index is -0.494. The lowest BCUT2D eigenvalue weighted by atomic mass is 10.1. The zero-order valence-corrected chi connectivity index (χ0v) is 18.9. The summed E-state index contributed by atoms with van der Waals surface area (Å²) in [5, 5.41) is 6.61. The molecule has 0 radical (unpaired) electrons. The van der Waals surface area contributed by atoms with E-state index in [1.807, 2.05) is 18.2 Å². The molecule has 1 amide bonds. The second-order valence-electron chi connectivity index (χ2n) is 6.50. The topological polar surface area (TPSA) is 88.7 Å². The maximum atomic E-state index is 10.8. The Morgan fingerprint density at radius 2 is 1.79 bits per heavy atom. The summed E-state index contributed by atoms with van der Waals surface area (Å²) in [5.74, 6) is 0.862. The van der Waals surface area contributed by atoms with Gasteiger partial charge in [0.15, 0.2) is 12.6 Å². The molecule has 0 fully saturated rings. The van der Waals surface area contributed by atoms with Crippen LogP contribution in [-0.2, 0) is 17.8 Å². The van der Waals surface area contributed by atoms with Crippen molar-refractivity contribution in [2.75, 3.05) is 20.2 Å². The molecule has 0 spiro atoms. The smallest absolute Gasteiger partial charge is 0.255 e. The van der Waals surface area contributed by atoms with Crippen molar-refractivity contribution in [1.82, 2.24) is 10.6 Å². The Morgan fingerprint density at radius 3 is 2.43 bits per heavy atom. The van der Waals surface area contributed by atoms with Crippen molar-refractivity contribution in [2.24, 2.45) is 10.7 Å². The molecule has 2 aromatic carbocycles. The molecule has 0 aliphatic carbocycles. The van der Waals surface area contributed by atoms with Gasteiger partial charge >= 0.3 is 0 Å². The van der Waals surface area contributed by atoms with E-state index < -0.39 is 5.91 Å². The summed E-state index contributed by atoms with van der Waals surface area (Å²) in [6, 6.07) is 14.1. The highest BCUT2D eigenvalue weighted by atomic mass is 127. The summed E-state index contributed by atoms with van der Waals surface area (Å²) < 4.78 is 5.33. The van der Waals surface area contributed by atoms with E-state index in [4.69, 9.17) is 10.5 Å². The molecule has 28 heavy (non-hydrogen) atoms. The number of hydrogen-bond acceptors (Lipinski definition) is 3. The number of carbonyl (C=O) groups is 1. The van der Waals surface area contributed by atoms with Crippen LogP contribution in [0.4, 0.5) is 0 Å². The van der Waals surface area contributed by atoms with Crippen LogP contribution in [0.3, 0.4) is 0 Å². The molecule has 2 aromatic rings. The number of primary amides is 1. The lowest BCUT2D eigenvalue weighted by Gasteiger charge is -2.13. The summed E-state index contributed by atoms with van der Waals surface area (Å²) in [4.78, 5) is 15.1. The van der Waals surface area contributed by atoms with Gasteiger partial charge in [-0.15, -0.1) is 24.0 Å². The van der Waals surface area contributed by atoms with Crippen molar-refractivity contribution in [3.8, 4) is 5.75 Å². The first-order chi connectivity index (χ1) is 13.0. The van der Waals surface area contributed by atoms with Crippen LogP contribution in [0.15, 0.2) is 47.5 Å². The van der Waals surface area contributed by atoms with Gasteiger partial charge in [0.2, 0.25) is 0 Å². The predicted octanol–water partition coefficient (Wildman–Crippen LogP) is 2.69. The molecule has 0 aliphatic heterocycles. The fourth-order valence-electron chi connectivity index (χ4n) is 2.84.